The third kappa shape index (κ3) is 11.0. The summed E-state index contributed by atoms with van der Waals surface area (Å²) in [6.45, 7) is 4.26. The minimum absolute atomic E-state index is 0.0493. The Morgan fingerprint density at radius 2 is 0.865 bits per heavy atom. The summed E-state index contributed by atoms with van der Waals surface area (Å²) in [5.41, 5.74) is -11.9. The van der Waals surface area contributed by atoms with E-state index in [0.29, 0.717) is 54.3 Å². The van der Waals surface area contributed by atoms with Gasteiger partial charge < -0.3 is 23.7 Å². The molecule has 0 saturated heterocycles. The molecule has 0 amide bonds. The van der Waals surface area contributed by atoms with E-state index < -0.39 is 103 Å². The zero-order valence-corrected chi connectivity index (χ0v) is 43.0. The van der Waals surface area contributed by atoms with Gasteiger partial charge in [0.2, 0.25) is 0 Å². The van der Waals surface area contributed by atoms with Crippen LogP contribution < -0.4 is 0 Å². The molecule has 12 aliphatic carbocycles. The standard InChI is InChI=1S/C24H34F6O2.C22H30F6O2.C7H11F3O2/c1-13-14(2)20-7-18(13)6-19(20)11-22(23(25,26)27,24(28,29)30)32-12-31-21-8-15-3-16(9-21)5-17(4-15)10-21;23-21(24,25)20(22(26,27)28,11-18-7-13-1-2-17(18)6-13)30-12-29-19-8-14-3-15(9-19)5-16(4-14)10-19;1-4-6(2,5(11)12-3)7(8,9)10/h13-20H,3-12H2,1-2H3;13-18H,1-12H2;4H2,1-3H3. The molecule has 428 valence electrons. The maximum absolute atomic E-state index is 14.1. The maximum atomic E-state index is 14.1. The van der Waals surface area contributed by atoms with E-state index in [4.69, 9.17) is 18.9 Å². The molecular weight excluding hydrogens is 1020 g/mol. The molecule has 12 saturated carbocycles. The largest absolute Gasteiger partial charge is 0.468 e. The second kappa shape index (κ2) is 20.4. The van der Waals surface area contributed by atoms with Crippen molar-refractivity contribution >= 4 is 5.97 Å². The molecule has 0 aromatic rings. The molecule has 0 heterocycles. The molecule has 0 spiro atoms. The summed E-state index contributed by atoms with van der Waals surface area (Å²) < 4.78 is 231. The first-order chi connectivity index (χ1) is 34.1. The van der Waals surface area contributed by atoms with Gasteiger partial charge in [0.05, 0.1) is 18.3 Å². The minimum atomic E-state index is -5.55. The lowest BCUT2D eigenvalue weighted by Gasteiger charge is -2.56. The Morgan fingerprint density at radius 3 is 1.14 bits per heavy atom. The van der Waals surface area contributed by atoms with Crippen LogP contribution in [0.1, 0.15) is 163 Å². The molecule has 21 heteroatoms. The normalized spacial score (nSPS) is 39.9. The van der Waals surface area contributed by atoms with Crippen LogP contribution in [-0.2, 0) is 28.5 Å². The smallest absolute Gasteiger partial charge is 0.426 e. The van der Waals surface area contributed by atoms with Crippen molar-refractivity contribution in [3.63, 3.8) is 0 Å². The van der Waals surface area contributed by atoms with E-state index >= 15 is 0 Å². The zero-order chi connectivity index (χ0) is 54.5. The highest BCUT2D eigenvalue weighted by Crippen LogP contribution is 2.63. The summed E-state index contributed by atoms with van der Waals surface area (Å²) in [7, 11) is 0.946. The molecular formula is C53H75F15O6. The van der Waals surface area contributed by atoms with Gasteiger partial charge in [0.25, 0.3) is 11.2 Å². The first-order valence-electron chi connectivity index (χ1n) is 27.1. The molecule has 12 bridgehead atoms. The van der Waals surface area contributed by atoms with Gasteiger partial charge in [-0.2, -0.15) is 65.9 Å². The number of ether oxygens (including phenoxy) is 5. The van der Waals surface area contributed by atoms with Crippen molar-refractivity contribution < 1.29 is 94.3 Å². The Kier molecular flexibility index (Phi) is 16.1. The highest BCUT2D eigenvalue weighted by molar-refractivity contribution is 5.77. The fourth-order valence-electron chi connectivity index (χ4n) is 17.5. The number of fused-ring (bicyclic) bond motifs is 4. The van der Waals surface area contributed by atoms with E-state index in [-0.39, 0.29) is 36.0 Å². The molecule has 0 radical (unpaired) electrons. The van der Waals surface area contributed by atoms with E-state index in [1.165, 1.54) is 6.92 Å². The van der Waals surface area contributed by atoms with Gasteiger partial charge in [-0.3, -0.25) is 4.79 Å². The van der Waals surface area contributed by atoms with E-state index in [1.807, 2.05) is 6.92 Å². The molecule has 0 aromatic carbocycles. The van der Waals surface area contributed by atoms with Crippen LogP contribution in [0.4, 0.5) is 65.9 Å². The predicted octanol–water partition coefficient (Wildman–Crippen LogP) is 15.9. The van der Waals surface area contributed by atoms with Crippen molar-refractivity contribution in [1.82, 2.24) is 0 Å². The lowest BCUT2D eigenvalue weighted by molar-refractivity contribution is -0.405. The summed E-state index contributed by atoms with van der Waals surface area (Å²) >= 11 is 0. The molecule has 74 heavy (non-hydrogen) atoms. The third-order valence-corrected chi connectivity index (χ3v) is 21.1. The average Bonchev–Trinajstić information content (AvgIpc) is 4.06. The van der Waals surface area contributed by atoms with Crippen LogP contribution in [0.25, 0.3) is 0 Å². The van der Waals surface area contributed by atoms with Crippen LogP contribution in [-0.4, -0.2) is 80.0 Å². The summed E-state index contributed by atoms with van der Waals surface area (Å²) in [5, 5.41) is 0. The molecule has 0 aliphatic heterocycles. The number of methoxy groups -OCH3 is 1. The SMILES string of the molecule is CC1C2CC(CC(OCOC34CC5CC(CC(C5)C3)C4)(C(F)(F)F)C(F)(F)F)C(C2)C1C.CCC(C)(C(=O)OC)C(F)(F)F.FC(F)(F)C(CC1CC2CCC1C2)(OCOC12CC3CC(CC(C3)C1)C2)C(F)(F)F. The van der Waals surface area contributed by atoms with Gasteiger partial charge in [0, 0.05) is 0 Å². The van der Waals surface area contributed by atoms with Gasteiger partial charge in [0.15, 0.2) is 5.41 Å². The predicted molar refractivity (Wildman–Crippen MR) is 238 cm³/mol. The number of alkyl halides is 15. The first kappa shape index (κ1) is 58.4. The fraction of sp³-hybridized carbons (Fsp3) is 0.981. The number of esters is 1. The maximum Gasteiger partial charge on any atom is 0.426 e. The van der Waals surface area contributed by atoms with Gasteiger partial charge >= 0.3 is 36.9 Å². The van der Waals surface area contributed by atoms with Crippen molar-refractivity contribution in [3.8, 4) is 0 Å². The number of hydrogen-bond acceptors (Lipinski definition) is 6. The van der Waals surface area contributed by atoms with E-state index in [0.717, 1.165) is 117 Å². The van der Waals surface area contributed by atoms with Crippen molar-refractivity contribution in [3.05, 3.63) is 0 Å². The van der Waals surface area contributed by atoms with Crippen molar-refractivity contribution in [2.24, 2.45) is 88.3 Å². The van der Waals surface area contributed by atoms with Crippen molar-refractivity contribution in [2.75, 3.05) is 20.7 Å². The van der Waals surface area contributed by atoms with Crippen LogP contribution >= 0.6 is 0 Å². The Balaban J connectivity index is 0.000000163. The molecule has 9 unspecified atom stereocenters. The second-order valence-electron chi connectivity index (χ2n) is 25.6. The lowest BCUT2D eigenvalue weighted by Crippen LogP contribution is -2.61. The third-order valence-electron chi connectivity index (χ3n) is 21.1. The zero-order valence-electron chi connectivity index (χ0n) is 43.0. The number of carbonyl (C=O) groups is 1. The van der Waals surface area contributed by atoms with E-state index in [2.05, 4.69) is 11.7 Å². The quantitative estimate of drug-likeness (QED) is 0.0981. The topological polar surface area (TPSA) is 63.2 Å². The highest BCUT2D eigenvalue weighted by Gasteiger charge is 2.75. The molecule has 9 atom stereocenters. The lowest BCUT2D eigenvalue weighted by atomic mass is 9.54. The fourth-order valence-corrected chi connectivity index (χ4v) is 17.5. The molecule has 0 N–H and O–H groups in total. The van der Waals surface area contributed by atoms with Crippen molar-refractivity contribution in [1.29, 1.82) is 0 Å². The Labute approximate surface area is 424 Å². The molecule has 12 aliphatic rings. The average molecular weight is 1090 g/mol. The number of halogens is 15. The van der Waals surface area contributed by atoms with Crippen LogP contribution in [0.3, 0.4) is 0 Å². The van der Waals surface area contributed by atoms with Gasteiger partial charge in [-0.25, -0.2) is 0 Å². The van der Waals surface area contributed by atoms with Crippen LogP contribution in [0, 0.1) is 88.3 Å². The van der Waals surface area contributed by atoms with Gasteiger partial charge in [-0.05, 0) is 218 Å². The second-order valence-corrected chi connectivity index (χ2v) is 25.6. The Morgan fingerprint density at radius 1 is 0.473 bits per heavy atom. The monoisotopic (exact) mass is 1090 g/mol. The Bertz CT molecular complexity index is 1850. The first-order valence-corrected chi connectivity index (χ1v) is 27.1. The summed E-state index contributed by atoms with van der Waals surface area (Å²) in [6, 6.07) is 0. The van der Waals surface area contributed by atoms with Gasteiger partial charge in [-0.1, -0.05) is 27.2 Å². The van der Waals surface area contributed by atoms with Crippen LogP contribution in [0.15, 0.2) is 0 Å². The van der Waals surface area contributed by atoms with Crippen LogP contribution in [0.2, 0.25) is 0 Å². The van der Waals surface area contributed by atoms with Crippen LogP contribution in [0.5, 0.6) is 0 Å². The summed E-state index contributed by atoms with van der Waals surface area (Å²) in [6.07, 6.45) is -14.1. The molecule has 0 aromatic heterocycles. The summed E-state index contributed by atoms with van der Waals surface area (Å²) in [5.74, 6) is 1.25. The van der Waals surface area contributed by atoms with E-state index in [9.17, 15) is 70.7 Å². The summed E-state index contributed by atoms with van der Waals surface area (Å²) in [4.78, 5) is 10.8. The molecule has 12 rings (SSSR count). The number of hydrogen-bond donors (Lipinski definition) is 0. The number of rotatable bonds is 14. The molecule has 12 fully saturated rings. The minimum Gasteiger partial charge on any atom is -0.468 e. The van der Waals surface area contributed by atoms with Gasteiger partial charge in [0.1, 0.15) is 13.6 Å². The highest BCUT2D eigenvalue weighted by atomic mass is 19.4. The Hall–Kier alpha value is -1.74. The van der Waals surface area contributed by atoms with Crippen molar-refractivity contribution in [2.45, 2.75) is 216 Å². The molecule has 6 nitrogen and oxygen atoms in total. The van der Waals surface area contributed by atoms with E-state index in [1.54, 1.807) is 0 Å². The van der Waals surface area contributed by atoms with Gasteiger partial charge in [-0.15, -0.1) is 0 Å². The number of carbonyl (C=O) groups excluding carboxylic acids is 1.